The van der Waals surface area contributed by atoms with Gasteiger partial charge >= 0.3 is 0 Å². The van der Waals surface area contributed by atoms with E-state index in [-0.39, 0.29) is 0 Å². The SMILES string of the molecule is C=C(CC)N1CCN(Cc2nc3ccc(C)cc3s2)CC1. The van der Waals surface area contributed by atoms with Crippen molar-refractivity contribution in [1.82, 2.24) is 14.8 Å². The van der Waals surface area contributed by atoms with E-state index in [4.69, 9.17) is 4.98 Å². The molecule has 112 valence electrons. The van der Waals surface area contributed by atoms with Gasteiger partial charge in [0.25, 0.3) is 0 Å². The quantitative estimate of drug-likeness (QED) is 0.859. The summed E-state index contributed by atoms with van der Waals surface area (Å²) in [5.74, 6) is 0. The Morgan fingerprint density at radius 2 is 2.05 bits per heavy atom. The Bertz CT molecular complexity index is 639. The van der Waals surface area contributed by atoms with Gasteiger partial charge in [0.1, 0.15) is 5.01 Å². The summed E-state index contributed by atoms with van der Waals surface area (Å²) >= 11 is 1.83. The lowest BCUT2D eigenvalue weighted by Gasteiger charge is -2.36. The first kappa shape index (κ1) is 14.5. The highest BCUT2D eigenvalue weighted by Gasteiger charge is 2.18. The van der Waals surface area contributed by atoms with Gasteiger partial charge in [-0.25, -0.2) is 4.98 Å². The van der Waals surface area contributed by atoms with Crippen LogP contribution in [0.5, 0.6) is 0 Å². The molecule has 1 aliphatic heterocycles. The second-order valence-electron chi connectivity index (χ2n) is 5.76. The molecular formula is C17H23N3S. The van der Waals surface area contributed by atoms with E-state index >= 15 is 0 Å². The molecule has 0 bridgehead atoms. The second-order valence-corrected chi connectivity index (χ2v) is 6.88. The van der Waals surface area contributed by atoms with Gasteiger partial charge in [0.2, 0.25) is 0 Å². The van der Waals surface area contributed by atoms with Crippen molar-refractivity contribution in [1.29, 1.82) is 0 Å². The van der Waals surface area contributed by atoms with Crippen molar-refractivity contribution < 1.29 is 0 Å². The largest absolute Gasteiger partial charge is 0.373 e. The van der Waals surface area contributed by atoms with Gasteiger partial charge in [0.15, 0.2) is 0 Å². The van der Waals surface area contributed by atoms with Gasteiger partial charge in [-0.05, 0) is 31.0 Å². The molecule has 3 rings (SSSR count). The first-order valence-electron chi connectivity index (χ1n) is 7.67. The number of nitrogens with zero attached hydrogens (tertiary/aromatic N) is 3. The third-order valence-corrected chi connectivity index (χ3v) is 5.18. The van der Waals surface area contributed by atoms with E-state index in [0.29, 0.717) is 0 Å². The minimum absolute atomic E-state index is 0.977. The molecule has 3 nitrogen and oxygen atoms in total. The third-order valence-electron chi connectivity index (χ3n) is 4.17. The Balaban J connectivity index is 1.63. The summed E-state index contributed by atoms with van der Waals surface area (Å²) in [6, 6.07) is 6.51. The summed E-state index contributed by atoms with van der Waals surface area (Å²) in [5, 5.41) is 1.23. The zero-order valence-electron chi connectivity index (χ0n) is 12.9. The Kier molecular flexibility index (Phi) is 4.27. The molecule has 0 atom stereocenters. The maximum atomic E-state index is 4.76. The fourth-order valence-corrected chi connectivity index (χ4v) is 3.89. The summed E-state index contributed by atoms with van der Waals surface area (Å²) in [7, 11) is 0. The number of allylic oxidation sites excluding steroid dienone is 1. The Labute approximate surface area is 130 Å². The molecule has 0 spiro atoms. The molecule has 1 saturated heterocycles. The molecule has 2 aromatic rings. The molecular weight excluding hydrogens is 278 g/mol. The zero-order chi connectivity index (χ0) is 14.8. The van der Waals surface area contributed by atoms with Crippen molar-refractivity contribution in [2.24, 2.45) is 0 Å². The predicted octanol–water partition coefficient (Wildman–Crippen LogP) is 3.65. The predicted molar refractivity (Wildman–Crippen MR) is 90.6 cm³/mol. The molecule has 21 heavy (non-hydrogen) atoms. The third kappa shape index (κ3) is 3.27. The lowest BCUT2D eigenvalue weighted by molar-refractivity contribution is 0.151. The van der Waals surface area contributed by atoms with Gasteiger partial charge in [-0.15, -0.1) is 11.3 Å². The van der Waals surface area contributed by atoms with Gasteiger partial charge in [-0.3, -0.25) is 4.90 Å². The number of piperazine rings is 1. The summed E-state index contributed by atoms with van der Waals surface area (Å²) in [5.41, 5.74) is 3.72. The number of rotatable bonds is 4. The molecule has 0 N–H and O–H groups in total. The highest BCUT2D eigenvalue weighted by Crippen LogP contribution is 2.24. The maximum Gasteiger partial charge on any atom is 0.108 e. The van der Waals surface area contributed by atoms with Crippen molar-refractivity contribution in [3.05, 3.63) is 41.0 Å². The zero-order valence-corrected chi connectivity index (χ0v) is 13.7. The van der Waals surface area contributed by atoms with Crippen molar-refractivity contribution in [3.63, 3.8) is 0 Å². The van der Waals surface area contributed by atoms with Crippen LogP contribution in [-0.2, 0) is 6.54 Å². The second kappa shape index (κ2) is 6.16. The van der Waals surface area contributed by atoms with Gasteiger partial charge in [-0.1, -0.05) is 19.6 Å². The number of aryl methyl sites for hydroxylation is 1. The summed E-state index contributed by atoms with van der Waals surface area (Å²) in [6.07, 6.45) is 1.05. The van der Waals surface area contributed by atoms with Crippen LogP contribution in [0.25, 0.3) is 10.2 Å². The average molecular weight is 301 g/mol. The summed E-state index contributed by atoms with van der Waals surface area (Å²) < 4.78 is 1.31. The fourth-order valence-electron chi connectivity index (χ4n) is 2.78. The van der Waals surface area contributed by atoms with Crippen LogP contribution in [0.15, 0.2) is 30.5 Å². The van der Waals surface area contributed by atoms with Crippen LogP contribution in [0.1, 0.15) is 23.9 Å². The van der Waals surface area contributed by atoms with Crippen LogP contribution in [0.2, 0.25) is 0 Å². The Morgan fingerprint density at radius 1 is 1.29 bits per heavy atom. The monoisotopic (exact) mass is 301 g/mol. The Morgan fingerprint density at radius 3 is 2.76 bits per heavy atom. The first-order chi connectivity index (χ1) is 10.2. The minimum atomic E-state index is 0.977. The highest BCUT2D eigenvalue weighted by molar-refractivity contribution is 7.18. The average Bonchev–Trinajstić information content (AvgIpc) is 2.88. The molecule has 0 saturated carbocycles. The Hall–Kier alpha value is -1.39. The topological polar surface area (TPSA) is 19.4 Å². The minimum Gasteiger partial charge on any atom is -0.373 e. The van der Waals surface area contributed by atoms with Gasteiger partial charge in [0, 0.05) is 31.9 Å². The van der Waals surface area contributed by atoms with Gasteiger partial charge < -0.3 is 4.90 Å². The standard InChI is InChI=1S/C17H23N3S/c1-4-14(3)20-9-7-19(8-10-20)12-17-18-15-6-5-13(2)11-16(15)21-17/h5-6,11H,3-4,7-10,12H2,1-2H3. The fraction of sp³-hybridized carbons (Fsp3) is 0.471. The molecule has 1 fully saturated rings. The summed E-state index contributed by atoms with van der Waals surface area (Å²) in [4.78, 5) is 9.68. The number of thiazole rings is 1. The normalized spacial score (nSPS) is 16.6. The molecule has 0 amide bonds. The van der Waals surface area contributed by atoms with Crippen LogP contribution >= 0.6 is 11.3 Å². The smallest absolute Gasteiger partial charge is 0.108 e. The van der Waals surface area contributed by atoms with E-state index in [1.54, 1.807) is 0 Å². The van der Waals surface area contributed by atoms with Crippen molar-refractivity contribution in [2.45, 2.75) is 26.8 Å². The number of aromatic nitrogens is 1. The number of hydrogen-bond donors (Lipinski definition) is 0. The van der Waals surface area contributed by atoms with Crippen LogP contribution in [0.3, 0.4) is 0 Å². The van der Waals surface area contributed by atoms with Crippen LogP contribution in [0, 0.1) is 6.92 Å². The van der Waals surface area contributed by atoms with Crippen molar-refractivity contribution >= 4 is 21.6 Å². The van der Waals surface area contributed by atoms with E-state index in [1.807, 2.05) is 11.3 Å². The maximum absolute atomic E-state index is 4.76. The molecule has 0 unspecified atom stereocenters. The molecule has 1 aromatic heterocycles. The molecule has 2 heterocycles. The molecule has 0 radical (unpaired) electrons. The first-order valence-corrected chi connectivity index (χ1v) is 8.48. The molecule has 1 aromatic carbocycles. The number of hydrogen-bond acceptors (Lipinski definition) is 4. The number of benzene rings is 1. The van der Waals surface area contributed by atoms with Gasteiger partial charge in [-0.2, -0.15) is 0 Å². The van der Waals surface area contributed by atoms with E-state index in [2.05, 4.69) is 48.4 Å². The highest BCUT2D eigenvalue weighted by atomic mass is 32.1. The lowest BCUT2D eigenvalue weighted by Crippen LogP contribution is -2.45. The van der Waals surface area contributed by atoms with Gasteiger partial charge in [0.05, 0.1) is 16.8 Å². The number of fused-ring (bicyclic) bond motifs is 1. The van der Waals surface area contributed by atoms with E-state index in [1.165, 1.54) is 21.0 Å². The molecule has 0 aliphatic carbocycles. The van der Waals surface area contributed by atoms with Crippen LogP contribution in [-0.4, -0.2) is 41.0 Å². The van der Waals surface area contributed by atoms with Crippen molar-refractivity contribution in [3.8, 4) is 0 Å². The summed E-state index contributed by atoms with van der Waals surface area (Å²) in [6.45, 7) is 13.8. The van der Waals surface area contributed by atoms with Crippen molar-refractivity contribution in [2.75, 3.05) is 26.2 Å². The molecule has 1 aliphatic rings. The van der Waals surface area contributed by atoms with Crippen LogP contribution in [0.4, 0.5) is 0 Å². The van der Waals surface area contributed by atoms with E-state index < -0.39 is 0 Å². The molecule has 4 heteroatoms. The van der Waals surface area contributed by atoms with E-state index in [9.17, 15) is 0 Å². The van der Waals surface area contributed by atoms with E-state index in [0.717, 1.165) is 44.7 Å². The lowest BCUT2D eigenvalue weighted by atomic mass is 10.2. The van der Waals surface area contributed by atoms with Crippen LogP contribution < -0.4 is 0 Å².